The summed E-state index contributed by atoms with van der Waals surface area (Å²) in [4.78, 5) is 0. The van der Waals surface area contributed by atoms with Gasteiger partial charge in [-0.1, -0.05) is 33.1 Å². The Labute approximate surface area is 92.7 Å². The Hall–Kier alpha value is -0.790. The summed E-state index contributed by atoms with van der Waals surface area (Å²) in [6, 6.07) is 2.98. The largest absolute Gasteiger partial charge is 0.266 e. The predicted octanol–water partition coefficient (Wildman–Crippen LogP) is 3.51. The van der Waals surface area contributed by atoms with E-state index in [1.165, 1.54) is 43.5 Å². The smallest absolute Gasteiger partial charge is 0.0624 e. The lowest BCUT2D eigenvalue weighted by atomic mass is 9.95. The SMILES string of the molecule is CCc1cc(CC)n(C2CCCCC2)n1. The van der Waals surface area contributed by atoms with Gasteiger partial charge in [-0.05, 0) is 31.7 Å². The zero-order valence-electron chi connectivity index (χ0n) is 10.00. The third-order valence-electron chi connectivity index (χ3n) is 3.51. The van der Waals surface area contributed by atoms with Gasteiger partial charge in [-0.15, -0.1) is 0 Å². The van der Waals surface area contributed by atoms with Crippen LogP contribution in [-0.4, -0.2) is 9.78 Å². The Morgan fingerprint density at radius 2 is 1.93 bits per heavy atom. The van der Waals surface area contributed by atoms with E-state index in [1.54, 1.807) is 0 Å². The molecule has 0 spiro atoms. The summed E-state index contributed by atoms with van der Waals surface area (Å²) in [6.07, 6.45) is 9.02. The second kappa shape index (κ2) is 4.82. The van der Waals surface area contributed by atoms with E-state index >= 15 is 0 Å². The van der Waals surface area contributed by atoms with E-state index in [2.05, 4.69) is 24.6 Å². The second-order valence-electron chi connectivity index (χ2n) is 4.57. The highest BCUT2D eigenvalue weighted by Gasteiger charge is 2.18. The fraction of sp³-hybridized carbons (Fsp3) is 0.769. The zero-order chi connectivity index (χ0) is 10.7. The van der Waals surface area contributed by atoms with E-state index in [4.69, 9.17) is 5.10 Å². The third kappa shape index (κ3) is 2.24. The molecule has 0 atom stereocenters. The monoisotopic (exact) mass is 206 g/mol. The van der Waals surface area contributed by atoms with Crippen LogP contribution in [0, 0.1) is 0 Å². The maximum atomic E-state index is 4.74. The van der Waals surface area contributed by atoms with E-state index in [9.17, 15) is 0 Å². The molecule has 1 aliphatic rings. The Balaban J connectivity index is 2.20. The van der Waals surface area contributed by atoms with Crippen molar-refractivity contribution in [2.45, 2.75) is 64.8 Å². The predicted molar refractivity (Wildman–Crippen MR) is 63.1 cm³/mol. The lowest BCUT2D eigenvalue weighted by molar-refractivity contribution is 0.321. The van der Waals surface area contributed by atoms with E-state index in [0.29, 0.717) is 6.04 Å². The molecule has 1 aromatic rings. The van der Waals surface area contributed by atoms with E-state index in [0.717, 1.165) is 12.8 Å². The highest BCUT2D eigenvalue weighted by molar-refractivity contribution is 5.11. The van der Waals surface area contributed by atoms with Gasteiger partial charge in [0.1, 0.15) is 0 Å². The number of aryl methyl sites for hydroxylation is 2. The lowest BCUT2D eigenvalue weighted by Crippen LogP contribution is -2.16. The van der Waals surface area contributed by atoms with Crippen molar-refractivity contribution < 1.29 is 0 Å². The molecule has 15 heavy (non-hydrogen) atoms. The summed E-state index contributed by atoms with van der Waals surface area (Å²) in [5.41, 5.74) is 2.69. The average molecular weight is 206 g/mol. The standard InChI is InChI=1S/C13H22N2/c1-3-11-10-12(4-2)15(14-11)13-8-6-5-7-9-13/h10,13H,3-9H2,1-2H3. The van der Waals surface area contributed by atoms with Crippen molar-refractivity contribution in [3.8, 4) is 0 Å². The van der Waals surface area contributed by atoms with Gasteiger partial charge in [-0.25, -0.2) is 0 Å². The van der Waals surface area contributed by atoms with Gasteiger partial charge in [0.2, 0.25) is 0 Å². The summed E-state index contributed by atoms with van der Waals surface area (Å²) in [5, 5.41) is 4.74. The zero-order valence-corrected chi connectivity index (χ0v) is 10.00. The molecule has 1 aromatic heterocycles. The molecule has 2 rings (SSSR count). The minimum absolute atomic E-state index is 0.689. The summed E-state index contributed by atoms with van der Waals surface area (Å²) in [6.45, 7) is 4.42. The van der Waals surface area contributed by atoms with Gasteiger partial charge in [0, 0.05) is 5.69 Å². The van der Waals surface area contributed by atoms with Crippen LogP contribution in [0.15, 0.2) is 6.07 Å². The van der Waals surface area contributed by atoms with Gasteiger partial charge in [0.25, 0.3) is 0 Å². The number of aromatic nitrogens is 2. The first kappa shape index (κ1) is 10.7. The van der Waals surface area contributed by atoms with Crippen molar-refractivity contribution in [3.63, 3.8) is 0 Å². The molecule has 84 valence electrons. The van der Waals surface area contributed by atoms with Crippen molar-refractivity contribution in [1.82, 2.24) is 9.78 Å². The molecule has 0 bridgehead atoms. The van der Waals surface area contributed by atoms with Crippen LogP contribution in [0.4, 0.5) is 0 Å². The number of nitrogens with zero attached hydrogens (tertiary/aromatic N) is 2. The van der Waals surface area contributed by atoms with Crippen molar-refractivity contribution in [2.24, 2.45) is 0 Å². The Kier molecular flexibility index (Phi) is 3.45. The first-order valence-electron chi connectivity index (χ1n) is 6.42. The molecule has 0 saturated heterocycles. The first-order chi connectivity index (χ1) is 7.35. The molecule has 0 amide bonds. The first-order valence-corrected chi connectivity index (χ1v) is 6.42. The van der Waals surface area contributed by atoms with Crippen LogP contribution >= 0.6 is 0 Å². The Morgan fingerprint density at radius 3 is 2.53 bits per heavy atom. The highest BCUT2D eigenvalue weighted by atomic mass is 15.3. The number of rotatable bonds is 3. The van der Waals surface area contributed by atoms with Crippen LogP contribution in [0.5, 0.6) is 0 Å². The molecular weight excluding hydrogens is 184 g/mol. The fourth-order valence-corrected chi connectivity index (χ4v) is 2.57. The Morgan fingerprint density at radius 1 is 1.20 bits per heavy atom. The van der Waals surface area contributed by atoms with Gasteiger partial charge >= 0.3 is 0 Å². The maximum absolute atomic E-state index is 4.74. The summed E-state index contributed by atoms with van der Waals surface area (Å²) < 4.78 is 2.32. The molecule has 0 radical (unpaired) electrons. The summed E-state index contributed by atoms with van der Waals surface area (Å²) in [5.74, 6) is 0. The van der Waals surface area contributed by atoms with E-state index in [1.807, 2.05) is 0 Å². The number of hydrogen-bond donors (Lipinski definition) is 0. The minimum Gasteiger partial charge on any atom is -0.266 e. The normalized spacial score (nSPS) is 18.3. The quantitative estimate of drug-likeness (QED) is 0.740. The van der Waals surface area contributed by atoms with Gasteiger partial charge in [0.05, 0.1) is 11.7 Å². The second-order valence-corrected chi connectivity index (χ2v) is 4.57. The van der Waals surface area contributed by atoms with Crippen LogP contribution in [0.3, 0.4) is 0 Å². The fourth-order valence-electron chi connectivity index (χ4n) is 2.57. The van der Waals surface area contributed by atoms with E-state index < -0.39 is 0 Å². The van der Waals surface area contributed by atoms with Crippen molar-refractivity contribution >= 4 is 0 Å². The maximum Gasteiger partial charge on any atom is 0.0624 e. The minimum atomic E-state index is 0.689. The molecule has 0 unspecified atom stereocenters. The Bertz CT molecular complexity index is 308. The average Bonchev–Trinajstić information content (AvgIpc) is 2.73. The topological polar surface area (TPSA) is 17.8 Å². The summed E-state index contributed by atoms with van der Waals surface area (Å²) in [7, 11) is 0. The molecule has 0 aliphatic heterocycles. The van der Waals surface area contributed by atoms with Crippen LogP contribution in [0.2, 0.25) is 0 Å². The van der Waals surface area contributed by atoms with Crippen molar-refractivity contribution in [3.05, 3.63) is 17.5 Å². The van der Waals surface area contributed by atoms with Crippen LogP contribution in [0.25, 0.3) is 0 Å². The molecule has 0 aromatic carbocycles. The number of hydrogen-bond acceptors (Lipinski definition) is 1. The highest BCUT2D eigenvalue weighted by Crippen LogP contribution is 2.29. The van der Waals surface area contributed by atoms with Gasteiger partial charge in [-0.2, -0.15) is 5.10 Å². The molecule has 2 heteroatoms. The van der Waals surface area contributed by atoms with Crippen LogP contribution < -0.4 is 0 Å². The van der Waals surface area contributed by atoms with Crippen LogP contribution in [-0.2, 0) is 12.8 Å². The molecule has 0 N–H and O–H groups in total. The van der Waals surface area contributed by atoms with Crippen LogP contribution in [0.1, 0.15) is 63.4 Å². The van der Waals surface area contributed by atoms with E-state index in [-0.39, 0.29) is 0 Å². The van der Waals surface area contributed by atoms with Gasteiger partial charge in [-0.3, -0.25) is 4.68 Å². The summed E-state index contributed by atoms with van der Waals surface area (Å²) >= 11 is 0. The molecular formula is C13H22N2. The van der Waals surface area contributed by atoms with Gasteiger partial charge < -0.3 is 0 Å². The lowest BCUT2D eigenvalue weighted by Gasteiger charge is -2.23. The van der Waals surface area contributed by atoms with Crippen molar-refractivity contribution in [1.29, 1.82) is 0 Å². The van der Waals surface area contributed by atoms with Crippen molar-refractivity contribution in [2.75, 3.05) is 0 Å². The molecule has 1 heterocycles. The third-order valence-corrected chi connectivity index (χ3v) is 3.51. The molecule has 2 nitrogen and oxygen atoms in total. The van der Waals surface area contributed by atoms with Gasteiger partial charge in [0.15, 0.2) is 0 Å². The molecule has 1 saturated carbocycles. The molecule has 1 aliphatic carbocycles. The molecule has 1 fully saturated rings.